The van der Waals surface area contributed by atoms with Gasteiger partial charge in [0.1, 0.15) is 0 Å². The van der Waals surface area contributed by atoms with Crippen LogP contribution in [0, 0.1) is 0 Å². The van der Waals surface area contributed by atoms with E-state index in [0.29, 0.717) is 0 Å². The molecular weight excluding hydrogens is 169 g/mol. The quantitative estimate of drug-likeness (QED) is 0.464. The van der Waals surface area contributed by atoms with Crippen LogP contribution in [0.1, 0.15) is 13.3 Å². The standard InChI is InChI=1S/C5H10NO4P/c1-2-3(11(9)10)4(6)5(7)8/h4H,2,6H2,1H3,(H,7,8)(H,9,10). The molecule has 0 bridgehead atoms. The SMILES string of the molecule is CCC(C(N)C(=O)O)=[P+]([O-])O. The van der Waals surface area contributed by atoms with E-state index in [1.54, 1.807) is 6.92 Å². The fraction of sp³-hybridized carbons (Fsp3) is 0.600. The molecule has 4 N–H and O–H groups in total. The molecule has 0 saturated carbocycles. The second kappa shape index (κ2) is 4.41. The lowest BCUT2D eigenvalue weighted by Gasteiger charge is -2.04. The van der Waals surface area contributed by atoms with Gasteiger partial charge in [0, 0.05) is 6.42 Å². The molecule has 0 aromatic rings. The second-order valence-electron chi connectivity index (χ2n) is 1.93. The van der Waals surface area contributed by atoms with Crippen molar-refractivity contribution in [3.8, 4) is 0 Å². The number of carboxylic acid groups (broad SMARTS) is 1. The number of carboxylic acids is 1. The summed E-state index contributed by atoms with van der Waals surface area (Å²) in [6.45, 7) is 1.58. The molecule has 0 aliphatic carbocycles. The van der Waals surface area contributed by atoms with Gasteiger partial charge in [-0.05, 0) is 0 Å². The van der Waals surface area contributed by atoms with Crippen molar-refractivity contribution in [3.63, 3.8) is 0 Å². The monoisotopic (exact) mass is 179 g/mol. The van der Waals surface area contributed by atoms with Crippen LogP contribution in [0.3, 0.4) is 0 Å². The van der Waals surface area contributed by atoms with E-state index in [1.807, 2.05) is 0 Å². The lowest BCUT2D eigenvalue weighted by molar-refractivity contribution is -0.168. The molecule has 2 unspecified atom stereocenters. The summed E-state index contributed by atoms with van der Waals surface area (Å²) in [5.41, 5.74) is 5.09. The number of carbonyl (C=O) groups is 1. The third kappa shape index (κ3) is 2.95. The van der Waals surface area contributed by atoms with Gasteiger partial charge in [-0.25, -0.2) is 0 Å². The molecule has 0 fully saturated rings. The fourth-order valence-corrected chi connectivity index (χ4v) is 1.24. The molecule has 0 aromatic heterocycles. The summed E-state index contributed by atoms with van der Waals surface area (Å²) in [5.74, 6) is -1.28. The van der Waals surface area contributed by atoms with Crippen LogP contribution < -0.4 is 10.6 Å². The Morgan fingerprint density at radius 3 is 2.36 bits per heavy atom. The topological polar surface area (TPSA) is 107 Å². The molecule has 0 aliphatic rings. The van der Waals surface area contributed by atoms with Gasteiger partial charge in [0.2, 0.25) is 8.00 Å². The lowest BCUT2D eigenvalue weighted by atomic mass is 10.2. The predicted octanol–water partition coefficient (Wildman–Crippen LogP) is -1.35. The summed E-state index contributed by atoms with van der Waals surface area (Å²) in [6, 6.07) is -1.33. The van der Waals surface area contributed by atoms with Gasteiger partial charge in [-0.2, -0.15) is 4.89 Å². The molecule has 0 aliphatic heterocycles. The van der Waals surface area contributed by atoms with E-state index in [9.17, 15) is 9.69 Å². The van der Waals surface area contributed by atoms with Crippen molar-refractivity contribution in [1.82, 2.24) is 0 Å². The smallest absolute Gasteiger partial charge is 0.328 e. The van der Waals surface area contributed by atoms with Crippen LogP contribution in [0.15, 0.2) is 0 Å². The van der Waals surface area contributed by atoms with Gasteiger partial charge < -0.3 is 15.7 Å². The summed E-state index contributed by atoms with van der Waals surface area (Å²) in [5, 5.41) is 8.31. The average Bonchev–Trinajstić information content (AvgIpc) is 1.88. The van der Waals surface area contributed by atoms with Gasteiger partial charge in [-0.15, -0.1) is 0 Å². The Kier molecular flexibility index (Phi) is 4.22. The Labute approximate surface area is 65.0 Å². The van der Waals surface area contributed by atoms with Gasteiger partial charge in [0.25, 0.3) is 0 Å². The van der Waals surface area contributed by atoms with E-state index in [1.165, 1.54) is 0 Å². The van der Waals surface area contributed by atoms with Crippen LogP contribution in [0.25, 0.3) is 0 Å². The maximum atomic E-state index is 10.4. The van der Waals surface area contributed by atoms with Crippen LogP contribution in [0.5, 0.6) is 0 Å². The highest BCUT2D eigenvalue weighted by Gasteiger charge is 2.23. The van der Waals surface area contributed by atoms with Crippen molar-refractivity contribution in [1.29, 1.82) is 0 Å². The summed E-state index contributed by atoms with van der Waals surface area (Å²) in [6.07, 6.45) is 0.208. The summed E-state index contributed by atoms with van der Waals surface area (Å²) in [4.78, 5) is 29.2. The predicted molar refractivity (Wildman–Crippen MR) is 40.0 cm³/mol. The minimum Gasteiger partial charge on any atom is -0.603 e. The zero-order valence-corrected chi connectivity index (χ0v) is 6.91. The van der Waals surface area contributed by atoms with Gasteiger partial charge in [-0.1, -0.05) is 6.92 Å². The minimum absolute atomic E-state index is 0.0347. The fourth-order valence-electron chi connectivity index (χ4n) is 0.617. The molecule has 11 heavy (non-hydrogen) atoms. The van der Waals surface area contributed by atoms with Crippen molar-refractivity contribution in [2.75, 3.05) is 0 Å². The van der Waals surface area contributed by atoms with Crippen LogP contribution in [0.4, 0.5) is 0 Å². The Balaban J connectivity index is 4.53. The molecule has 64 valence electrons. The van der Waals surface area contributed by atoms with E-state index in [0.717, 1.165) is 0 Å². The Bertz CT molecular complexity index is 187. The summed E-state index contributed by atoms with van der Waals surface area (Å²) >= 11 is 0. The Morgan fingerprint density at radius 1 is 1.82 bits per heavy atom. The van der Waals surface area contributed by atoms with E-state index in [-0.39, 0.29) is 11.7 Å². The van der Waals surface area contributed by atoms with Gasteiger partial charge in [-0.3, -0.25) is 4.79 Å². The van der Waals surface area contributed by atoms with E-state index in [4.69, 9.17) is 15.7 Å². The van der Waals surface area contributed by atoms with Crippen LogP contribution >= 0.6 is 8.00 Å². The maximum Gasteiger partial charge on any atom is 0.328 e. The van der Waals surface area contributed by atoms with Crippen LogP contribution in [-0.2, 0) is 4.79 Å². The number of nitrogens with two attached hydrogens (primary N) is 1. The van der Waals surface area contributed by atoms with Crippen molar-refractivity contribution in [2.24, 2.45) is 5.73 Å². The third-order valence-electron chi connectivity index (χ3n) is 1.23. The van der Waals surface area contributed by atoms with E-state index < -0.39 is 20.0 Å². The molecule has 0 amide bonds. The first-order chi connectivity index (χ1) is 5.00. The largest absolute Gasteiger partial charge is 0.603 e. The number of aliphatic carboxylic acids is 1. The highest BCUT2D eigenvalue weighted by Crippen LogP contribution is 2.10. The molecule has 5 nitrogen and oxygen atoms in total. The van der Waals surface area contributed by atoms with Gasteiger partial charge in [0.15, 0.2) is 11.3 Å². The highest BCUT2D eigenvalue weighted by atomic mass is 31.1. The zero-order valence-electron chi connectivity index (χ0n) is 6.02. The molecule has 0 spiro atoms. The zero-order chi connectivity index (χ0) is 9.02. The molecule has 0 radical (unpaired) electrons. The molecule has 0 rings (SSSR count). The van der Waals surface area contributed by atoms with Crippen LogP contribution in [-0.4, -0.2) is 27.3 Å². The molecule has 2 atom stereocenters. The minimum atomic E-state index is -2.58. The third-order valence-corrected chi connectivity index (χ3v) is 2.32. The average molecular weight is 179 g/mol. The lowest BCUT2D eigenvalue weighted by Crippen LogP contribution is -2.38. The van der Waals surface area contributed by atoms with Crippen molar-refractivity contribution in [2.45, 2.75) is 19.4 Å². The molecule has 0 saturated heterocycles. The van der Waals surface area contributed by atoms with Crippen LogP contribution in [0.2, 0.25) is 0 Å². The molecule has 6 heteroatoms. The summed E-state index contributed by atoms with van der Waals surface area (Å²) in [7, 11) is -2.58. The first kappa shape index (κ1) is 10.5. The summed E-state index contributed by atoms with van der Waals surface area (Å²) < 4.78 is 0. The highest BCUT2D eigenvalue weighted by molar-refractivity contribution is 7.46. The molecular formula is C5H10NO4P. The van der Waals surface area contributed by atoms with E-state index >= 15 is 0 Å². The van der Waals surface area contributed by atoms with Crippen molar-refractivity contribution in [3.05, 3.63) is 0 Å². The first-order valence-corrected chi connectivity index (χ1v) is 4.22. The van der Waals surface area contributed by atoms with Crippen molar-refractivity contribution >= 4 is 19.3 Å². The Morgan fingerprint density at radius 2 is 2.27 bits per heavy atom. The Hall–Kier alpha value is -0.480. The van der Waals surface area contributed by atoms with Gasteiger partial charge >= 0.3 is 5.97 Å². The maximum absolute atomic E-state index is 10.4. The molecule has 0 aromatic carbocycles. The normalized spacial score (nSPS) is 15.6. The number of hydrogen-bond acceptors (Lipinski definition) is 4. The number of hydrogen-bond donors (Lipinski definition) is 3. The van der Waals surface area contributed by atoms with Crippen molar-refractivity contribution < 1.29 is 19.7 Å². The molecule has 0 heterocycles. The van der Waals surface area contributed by atoms with E-state index in [2.05, 4.69) is 0 Å². The first-order valence-electron chi connectivity index (χ1n) is 3.01. The van der Waals surface area contributed by atoms with Gasteiger partial charge in [0.05, 0.1) is 0 Å². The number of rotatable bonds is 3. The second-order valence-corrected chi connectivity index (χ2v) is 3.05.